The zero-order valence-corrected chi connectivity index (χ0v) is 17.2. The van der Waals surface area contributed by atoms with Crippen LogP contribution in [0.3, 0.4) is 0 Å². The summed E-state index contributed by atoms with van der Waals surface area (Å²) >= 11 is 1.70. The molecule has 0 amide bonds. The standard InChI is InChI=1S/C17H26N4O3S2/c1-17(2,3)11-20(4)26(5,23,24)12-6-7-15(18-8-12)21-16(22)13-9-25-10-14(13)19-21/h6-8,19,23-24H,5,9-11H2,1-4H3. The van der Waals surface area contributed by atoms with Crippen molar-refractivity contribution in [1.82, 2.24) is 19.1 Å². The molecule has 2 aromatic heterocycles. The lowest BCUT2D eigenvalue weighted by Crippen LogP contribution is -2.35. The fourth-order valence-corrected chi connectivity index (χ4v) is 5.62. The maximum Gasteiger partial charge on any atom is 0.276 e. The molecule has 0 unspecified atom stereocenters. The molecule has 9 heteroatoms. The number of rotatable bonds is 4. The highest BCUT2D eigenvalue weighted by Crippen LogP contribution is 2.59. The molecule has 0 spiro atoms. The zero-order chi connectivity index (χ0) is 19.4. The summed E-state index contributed by atoms with van der Waals surface area (Å²) in [5, 5.41) is 3.08. The topological polar surface area (TPSA) is 94.4 Å². The van der Waals surface area contributed by atoms with Crippen LogP contribution in [0.2, 0.25) is 0 Å². The molecule has 0 aliphatic carbocycles. The minimum absolute atomic E-state index is 0.103. The van der Waals surface area contributed by atoms with E-state index in [1.54, 1.807) is 30.9 Å². The Hall–Kier alpha value is -1.39. The van der Waals surface area contributed by atoms with E-state index in [4.69, 9.17) is 0 Å². The van der Waals surface area contributed by atoms with Crippen molar-refractivity contribution in [2.75, 3.05) is 13.6 Å². The van der Waals surface area contributed by atoms with Crippen molar-refractivity contribution in [3.8, 4) is 5.82 Å². The fraction of sp³-hybridized carbons (Fsp3) is 0.471. The number of pyridine rings is 1. The Morgan fingerprint density at radius 3 is 2.62 bits per heavy atom. The summed E-state index contributed by atoms with van der Waals surface area (Å²) in [7, 11) is -2.57. The first-order valence-electron chi connectivity index (χ1n) is 8.25. The molecule has 2 aromatic rings. The van der Waals surface area contributed by atoms with Gasteiger partial charge in [0.25, 0.3) is 5.56 Å². The van der Waals surface area contributed by atoms with Crippen molar-refractivity contribution in [3.05, 3.63) is 39.9 Å². The van der Waals surface area contributed by atoms with Crippen molar-refractivity contribution in [2.45, 2.75) is 37.2 Å². The molecule has 26 heavy (non-hydrogen) atoms. The molecule has 3 N–H and O–H groups in total. The highest BCUT2D eigenvalue weighted by molar-refractivity contribution is 8.35. The Bertz CT molecular complexity index is 948. The SMILES string of the molecule is C=S(O)(O)(c1ccc(-n2[nH]c3c(c2=O)CSC3)nc1)N(C)CC(C)(C)C. The van der Waals surface area contributed by atoms with Crippen LogP contribution in [0.15, 0.2) is 28.0 Å². The smallest absolute Gasteiger partial charge is 0.276 e. The molecule has 0 saturated heterocycles. The number of H-pyrrole nitrogens is 1. The van der Waals surface area contributed by atoms with E-state index in [0.717, 1.165) is 17.0 Å². The van der Waals surface area contributed by atoms with Gasteiger partial charge in [-0.1, -0.05) is 20.8 Å². The predicted molar refractivity (Wildman–Crippen MR) is 110 cm³/mol. The van der Waals surface area contributed by atoms with E-state index in [1.807, 2.05) is 20.8 Å². The van der Waals surface area contributed by atoms with Gasteiger partial charge in [0.1, 0.15) is 0 Å². The monoisotopic (exact) mass is 398 g/mol. The minimum atomic E-state index is -4.21. The van der Waals surface area contributed by atoms with Gasteiger partial charge in [-0.15, -0.1) is 0 Å². The van der Waals surface area contributed by atoms with E-state index in [-0.39, 0.29) is 15.9 Å². The molecule has 1 aliphatic heterocycles. The summed E-state index contributed by atoms with van der Waals surface area (Å²) < 4.78 is 24.8. The van der Waals surface area contributed by atoms with Crippen LogP contribution in [-0.2, 0) is 11.5 Å². The Labute approximate surface area is 157 Å². The lowest BCUT2D eigenvalue weighted by molar-refractivity contribution is 0.283. The van der Waals surface area contributed by atoms with Gasteiger partial charge in [0, 0.05) is 25.1 Å². The molecule has 0 radical (unpaired) electrons. The van der Waals surface area contributed by atoms with E-state index >= 15 is 0 Å². The summed E-state index contributed by atoms with van der Waals surface area (Å²) in [5.41, 5.74) is 1.48. The van der Waals surface area contributed by atoms with Gasteiger partial charge in [0.15, 0.2) is 5.82 Å². The summed E-state index contributed by atoms with van der Waals surface area (Å²) in [6.45, 7) is 6.50. The molecular weight excluding hydrogens is 372 g/mol. The predicted octanol–water partition coefficient (Wildman–Crippen LogP) is 3.28. The van der Waals surface area contributed by atoms with Gasteiger partial charge >= 0.3 is 0 Å². The maximum absolute atomic E-state index is 12.4. The quantitative estimate of drug-likeness (QED) is 0.684. The largest absolute Gasteiger partial charge is 0.294 e. The van der Waals surface area contributed by atoms with E-state index < -0.39 is 9.50 Å². The van der Waals surface area contributed by atoms with Gasteiger partial charge in [-0.05, 0) is 23.4 Å². The van der Waals surface area contributed by atoms with Gasteiger partial charge < -0.3 is 0 Å². The second-order valence-electron chi connectivity index (χ2n) is 7.95. The number of thioether (sulfide) groups is 1. The van der Waals surface area contributed by atoms with Crippen LogP contribution in [-0.4, -0.2) is 47.6 Å². The normalized spacial score (nSPS) is 16.5. The number of fused-ring (bicyclic) bond motifs is 1. The van der Waals surface area contributed by atoms with E-state index in [0.29, 0.717) is 18.1 Å². The first kappa shape index (κ1) is 19.4. The number of hydrogen-bond acceptors (Lipinski definition) is 6. The number of aromatic nitrogens is 3. The van der Waals surface area contributed by atoms with Crippen LogP contribution in [0.1, 0.15) is 32.0 Å². The van der Waals surface area contributed by atoms with Crippen molar-refractivity contribution in [1.29, 1.82) is 0 Å². The summed E-state index contributed by atoms with van der Waals surface area (Å²) in [6, 6.07) is 3.18. The van der Waals surface area contributed by atoms with Gasteiger partial charge in [0.05, 0.1) is 22.3 Å². The van der Waals surface area contributed by atoms with Crippen molar-refractivity contribution >= 4 is 27.1 Å². The van der Waals surface area contributed by atoms with Crippen molar-refractivity contribution < 1.29 is 9.11 Å². The van der Waals surface area contributed by atoms with Gasteiger partial charge in [0.2, 0.25) is 0 Å². The molecule has 7 nitrogen and oxygen atoms in total. The third-order valence-corrected chi connectivity index (χ3v) is 7.98. The molecule has 0 fully saturated rings. The Kier molecular flexibility index (Phi) is 4.52. The molecule has 1 aliphatic rings. The number of aromatic amines is 1. The van der Waals surface area contributed by atoms with Crippen molar-refractivity contribution in [2.24, 2.45) is 5.41 Å². The van der Waals surface area contributed by atoms with Crippen LogP contribution in [0.5, 0.6) is 0 Å². The first-order chi connectivity index (χ1) is 11.9. The fourth-order valence-electron chi connectivity index (χ4n) is 2.94. The average molecular weight is 399 g/mol. The Morgan fingerprint density at radius 2 is 2.08 bits per heavy atom. The number of hydrogen-bond donors (Lipinski definition) is 3. The molecule has 0 atom stereocenters. The molecule has 0 saturated carbocycles. The molecule has 144 valence electrons. The van der Waals surface area contributed by atoms with E-state index in [9.17, 15) is 13.9 Å². The molecule has 0 bridgehead atoms. The second kappa shape index (κ2) is 6.07. The maximum atomic E-state index is 12.4. The summed E-state index contributed by atoms with van der Waals surface area (Å²) in [4.78, 5) is 17.0. The van der Waals surface area contributed by atoms with Crippen LogP contribution < -0.4 is 5.56 Å². The Balaban J connectivity index is 1.94. The van der Waals surface area contributed by atoms with Crippen LogP contribution in [0.4, 0.5) is 0 Å². The summed E-state index contributed by atoms with van der Waals surface area (Å²) in [5.74, 6) is 5.65. The van der Waals surface area contributed by atoms with E-state index in [1.165, 1.54) is 15.2 Å². The lowest BCUT2D eigenvalue weighted by atomic mass is 9.97. The van der Waals surface area contributed by atoms with Gasteiger partial charge in [-0.2, -0.15) is 21.3 Å². The van der Waals surface area contributed by atoms with Gasteiger partial charge in [-0.25, -0.2) is 14.0 Å². The highest BCUT2D eigenvalue weighted by Gasteiger charge is 2.30. The third kappa shape index (κ3) is 3.41. The first-order valence-corrected chi connectivity index (χ1v) is 11.5. The van der Waals surface area contributed by atoms with Crippen LogP contribution in [0, 0.1) is 5.41 Å². The third-order valence-electron chi connectivity index (χ3n) is 4.35. The van der Waals surface area contributed by atoms with Crippen LogP contribution >= 0.6 is 21.3 Å². The van der Waals surface area contributed by atoms with Crippen LogP contribution in [0.25, 0.3) is 5.82 Å². The molecule has 3 rings (SSSR count). The number of nitrogens with one attached hydrogen (secondary N) is 1. The van der Waals surface area contributed by atoms with E-state index in [2.05, 4.69) is 16.0 Å². The summed E-state index contributed by atoms with van der Waals surface area (Å²) in [6.07, 6.45) is 1.39. The minimum Gasteiger partial charge on any atom is -0.294 e. The molecular formula is C17H26N4O3S2. The second-order valence-corrected chi connectivity index (χ2v) is 12.1. The Morgan fingerprint density at radius 1 is 1.38 bits per heavy atom. The molecule has 3 heterocycles. The molecule has 0 aromatic carbocycles. The zero-order valence-electron chi connectivity index (χ0n) is 15.5. The lowest BCUT2D eigenvalue weighted by Gasteiger charge is -2.52. The number of nitrogens with zero attached hydrogens (tertiary/aromatic N) is 3. The van der Waals surface area contributed by atoms with Gasteiger partial charge in [-0.3, -0.25) is 19.0 Å². The average Bonchev–Trinajstić information content (AvgIpc) is 3.09. The highest BCUT2D eigenvalue weighted by atomic mass is 32.3. The van der Waals surface area contributed by atoms with Crippen molar-refractivity contribution in [3.63, 3.8) is 0 Å².